The second-order valence-electron chi connectivity index (χ2n) is 6.97. The van der Waals surface area contributed by atoms with Crippen molar-refractivity contribution in [3.63, 3.8) is 0 Å². The Bertz CT molecular complexity index is 1280. The number of methoxy groups -OCH3 is 1. The van der Waals surface area contributed by atoms with Crippen LogP contribution in [0, 0.1) is 13.8 Å². The number of ether oxygens (including phenoxy) is 1. The van der Waals surface area contributed by atoms with E-state index in [2.05, 4.69) is 14.8 Å². The Hall–Kier alpha value is -3.30. The number of hydrogen-bond acceptors (Lipinski definition) is 6. The van der Waals surface area contributed by atoms with Crippen molar-refractivity contribution in [1.29, 1.82) is 0 Å². The SMILES string of the molecule is COC(=O)c1cc(CNC(=O)c2cc(S(=O)(=O)Nc3cccc(C)c3)ccc2Cl)oc1C. The van der Waals surface area contributed by atoms with Crippen LogP contribution in [0.3, 0.4) is 0 Å². The maximum absolute atomic E-state index is 12.8. The second kappa shape index (κ2) is 9.46. The summed E-state index contributed by atoms with van der Waals surface area (Å²) in [4.78, 5) is 24.2. The largest absolute Gasteiger partial charge is 0.465 e. The molecule has 0 spiro atoms. The minimum atomic E-state index is -3.94. The highest BCUT2D eigenvalue weighted by Gasteiger charge is 2.20. The molecule has 0 saturated carbocycles. The topological polar surface area (TPSA) is 115 Å². The van der Waals surface area contributed by atoms with Crippen molar-refractivity contribution >= 4 is 39.2 Å². The van der Waals surface area contributed by atoms with Gasteiger partial charge in [-0.1, -0.05) is 23.7 Å². The molecule has 2 aromatic carbocycles. The number of halogens is 1. The van der Waals surface area contributed by atoms with Crippen LogP contribution in [0.2, 0.25) is 5.02 Å². The Morgan fingerprint density at radius 2 is 1.81 bits per heavy atom. The quantitative estimate of drug-likeness (QED) is 0.497. The summed E-state index contributed by atoms with van der Waals surface area (Å²) in [6.45, 7) is 3.41. The average molecular weight is 477 g/mol. The highest BCUT2D eigenvalue weighted by atomic mass is 35.5. The molecule has 0 atom stereocenters. The molecule has 8 nitrogen and oxygen atoms in total. The van der Waals surface area contributed by atoms with E-state index in [1.165, 1.54) is 31.4 Å². The van der Waals surface area contributed by atoms with Gasteiger partial charge in [-0.3, -0.25) is 9.52 Å². The Kier molecular flexibility index (Phi) is 6.90. The fraction of sp³-hybridized carbons (Fsp3) is 0.182. The molecule has 0 radical (unpaired) electrons. The lowest BCUT2D eigenvalue weighted by Crippen LogP contribution is -2.23. The minimum Gasteiger partial charge on any atom is -0.465 e. The van der Waals surface area contributed by atoms with E-state index in [-0.39, 0.29) is 27.6 Å². The van der Waals surface area contributed by atoms with E-state index in [1.807, 2.05) is 13.0 Å². The Balaban J connectivity index is 1.78. The van der Waals surface area contributed by atoms with E-state index in [1.54, 1.807) is 25.1 Å². The van der Waals surface area contributed by atoms with Crippen molar-refractivity contribution < 1.29 is 27.2 Å². The number of rotatable bonds is 7. The first-order chi connectivity index (χ1) is 15.1. The third-order valence-corrected chi connectivity index (χ3v) is 6.27. The Morgan fingerprint density at radius 1 is 1.06 bits per heavy atom. The summed E-state index contributed by atoms with van der Waals surface area (Å²) in [6, 6.07) is 12.2. The zero-order valence-corrected chi connectivity index (χ0v) is 19.1. The molecular weight excluding hydrogens is 456 g/mol. The van der Waals surface area contributed by atoms with Gasteiger partial charge in [0.15, 0.2) is 0 Å². The molecule has 0 unspecified atom stereocenters. The predicted molar refractivity (Wildman–Crippen MR) is 119 cm³/mol. The summed E-state index contributed by atoms with van der Waals surface area (Å²) in [6.07, 6.45) is 0. The number of amides is 1. The maximum Gasteiger partial charge on any atom is 0.341 e. The summed E-state index contributed by atoms with van der Waals surface area (Å²) in [7, 11) is -2.69. The fourth-order valence-electron chi connectivity index (χ4n) is 2.97. The highest BCUT2D eigenvalue weighted by Crippen LogP contribution is 2.23. The van der Waals surface area contributed by atoms with Gasteiger partial charge in [0.1, 0.15) is 17.1 Å². The minimum absolute atomic E-state index is 0.0183. The van der Waals surface area contributed by atoms with E-state index in [9.17, 15) is 18.0 Å². The van der Waals surface area contributed by atoms with Crippen molar-refractivity contribution in [3.05, 3.63) is 81.8 Å². The summed E-state index contributed by atoms with van der Waals surface area (Å²) >= 11 is 6.13. The van der Waals surface area contributed by atoms with Gasteiger partial charge in [-0.2, -0.15) is 0 Å². The Labute approximate surface area is 190 Å². The number of carbonyl (C=O) groups is 2. The smallest absolute Gasteiger partial charge is 0.341 e. The molecule has 0 aliphatic heterocycles. The van der Waals surface area contributed by atoms with Crippen LogP contribution in [0.4, 0.5) is 5.69 Å². The van der Waals surface area contributed by atoms with Gasteiger partial charge in [0.25, 0.3) is 15.9 Å². The van der Waals surface area contributed by atoms with Crippen molar-refractivity contribution in [2.24, 2.45) is 0 Å². The van der Waals surface area contributed by atoms with Crippen molar-refractivity contribution in [1.82, 2.24) is 5.32 Å². The van der Waals surface area contributed by atoms with E-state index in [0.29, 0.717) is 17.2 Å². The summed E-state index contributed by atoms with van der Waals surface area (Å²) in [5.74, 6) is -0.464. The highest BCUT2D eigenvalue weighted by molar-refractivity contribution is 7.92. The number of esters is 1. The molecule has 3 rings (SSSR count). The zero-order chi connectivity index (χ0) is 23.5. The van der Waals surface area contributed by atoms with Crippen LogP contribution in [0.25, 0.3) is 0 Å². The van der Waals surface area contributed by atoms with Crippen LogP contribution in [0.5, 0.6) is 0 Å². The summed E-state index contributed by atoms with van der Waals surface area (Å²) in [5.41, 5.74) is 1.53. The van der Waals surface area contributed by atoms with Crippen molar-refractivity contribution in [2.45, 2.75) is 25.3 Å². The van der Waals surface area contributed by atoms with Crippen LogP contribution in [-0.2, 0) is 21.3 Å². The van der Waals surface area contributed by atoms with Crippen LogP contribution < -0.4 is 10.0 Å². The first-order valence-corrected chi connectivity index (χ1v) is 11.3. The van der Waals surface area contributed by atoms with Gasteiger partial charge < -0.3 is 14.5 Å². The third-order valence-electron chi connectivity index (χ3n) is 4.56. The molecule has 0 bridgehead atoms. The van der Waals surface area contributed by atoms with Gasteiger partial charge in [0.2, 0.25) is 0 Å². The molecule has 32 heavy (non-hydrogen) atoms. The van der Waals surface area contributed by atoms with Crippen LogP contribution >= 0.6 is 11.6 Å². The van der Waals surface area contributed by atoms with E-state index < -0.39 is 21.9 Å². The molecule has 2 N–H and O–H groups in total. The molecule has 0 fully saturated rings. The van der Waals surface area contributed by atoms with Crippen LogP contribution in [0.15, 0.2) is 57.8 Å². The molecule has 1 heterocycles. The van der Waals surface area contributed by atoms with Crippen LogP contribution in [-0.4, -0.2) is 27.4 Å². The zero-order valence-electron chi connectivity index (χ0n) is 17.6. The predicted octanol–water partition coefficient (Wildman–Crippen LogP) is 4.07. The molecule has 1 aromatic heterocycles. The number of aryl methyl sites for hydroxylation is 2. The van der Waals surface area contributed by atoms with Gasteiger partial charge in [0, 0.05) is 5.69 Å². The van der Waals surface area contributed by atoms with Gasteiger partial charge in [-0.15, -0.1) is 0 Å². The number of sulfonamides is 1. The number of furan rings is 1. The number of nitrogens with one attached hydrogen (secondary N) is 2. The van der Waals surface area contributed by atoms with Gasteiger partial charge in [-0.25, -0.2) is 13.2 Å². The first-order valence-electron chi connectivity index (χ1n) is 9.45. The summed E-state index contributed by atoms with van der Waals surface area (Å²) < 4.78 is 38.1. The number of hydrogen-bond donors (Lipinski definition) is 2. The molecule has 0 aliphatic carbocycles. The van der Waals surface area contributed by atoms with Crippen molar-refractivity contribution in [3.8, 4) is 0 Å². The lowest BCUT2D eigenvalue weighted by Gasteiger charge is -2.11. The van der Waals surface area contributed by atoms with Gasteiger partial charge in [-0.05, 0) is 55.8 Å². The fourth-order valence-corrected chi connectivity index (χ4v) is 4.25. The number of anilines is 1. The standard InChI is InChI=1S/C22H21ClN2O6S/c1-13-5-4-6-15(9-13)25-32(28,29)17-7-8-20(23)19(11-17)21(26)24-12-16-10-18(14(2)31-16)22(27)30-3/h4-11,25H,12H2,1-3H3,(H,24,26). The van der Waals surface area contributed by atoms with E-state index in [0.717, 1.165) is 5.56 Å². The van der Waals surface area contributed by atoms with E-state index in [4.69, 9.17) is 16.0 Å². The Morgan fingerprint density at radius 3 is 2.50 bits per heavy atom. The molecule has 168 valence electrons. The second-order valence-corrected chi connectivity index (χ2v) is 9.06. The van der Waals surface area contributed by atoms with E-state index >= 15 is 0 Å². The monoisotopic (exact) mass is 476 g/mol. The molecule has 3 aromatic rings. The third kappa shape index (κ3) is 5.30. The van der Waals surface area contributed by atoms with Gasteiger partial charge in [0.05, 0.1) is 29.1 Å². The molecule has 0 saturated heterocycles. The first kappa shape index (κ1) is 23.4. The van der Waals surface area contributed by atoms with Gasteiger partial charge >= 0.3 is 5.97 Å². The molecule has 0 aliphatic rings. The normalized spacial score (nSPS) is 11.1. The maximum atomic E-state index is 12.8. The number of benzene rings is 2. The lowest BCUT2D eigenvalue weighted by molar-refractivity contribution is 0.0598. The van der Waals surface area contributed by atoms with Crippen LogP contribution in [0.1, 0.15) is 37.8 Å². The molecular formula is C22H21ClN2O6S. The molecule has 1 amide bonds. The lowest BCUT2D eigenvalue weighted by atomic mass is 10.2. The number of carbonyl (C=O) groups excluding carboxylic acids is 2. The van der Waals surface area contributed by atoms with Crippen molar-refractivity contribution in [2.75, 3.05) is 11.8 Å². The summed E-state index contributed by atoms with van der Waals surface area (Å²) in [5, 5.41) is 2.69. The molecule has 10 heteroatoms. The average Bonchev–Trinajstić information content (AvgIpc) is 3.11.